The predicted molar refractivity (Wildman–Crippen MR) is 63.4 cm³/mol. The maximum Gasteiger partial charge on any atom is 0.0926 e. The van der Waals surface area contributed by atoms with Crippen molar-refractivity contribution < 1.29 is 0 Å². The lowest BCUT2D eigenvalue weighted by atomic mass is 9.63. The van der Waals surface area contributed by atoms with Crippen molar-refractivity contribution in [3.63, 3.8) is 0 Å². The average molecular weight is 208 g/mol. The molecular formula is C13H24N2. The van der Waals surface area contributed by atoms with Crippen LogP contribution in [0, 0.1) is 22.2 Å². The van der Waals surface area contributed by atoms with Crippen LogP contribution in [0.5, 0.6) is 0 Å². The van der Waals surface area contributed by atoms with Crippen LogP contribution in [0.3, 0.4) is 0 Å². The summed E-state index contributed by atoms with van der Waals surface area (Å²) in [6, 6.07) is 2.73. The summed E-state index contributed by atoms with van der Waals surface area (Å²) in [6.07, 6.45) is 3.64. The third-order valence-electron chi connectivity index (χ3n) is 3.23. The van der Waals surface area contributed by atoms with Crippen LogP contribution >= 0.6 is 0 Å². The van der Waals surface area contributed by atoms with Gasteiger partial charge in [-0.2, -0.15) is 5.26 Å². The van der Waals surface area contributed by atoms with Gasteiger partial charge in [-0.1, -0.05) is 27.7 Å². The van der Waals surface area contributed by atoms with Gasteiger partial charge in [-0.15, -0.1) is 0 Å². The molecule has 0 bridgehead atoms. The molecule has 86 valence electrons. The van der Waals surface area contributed by atoms with E-state index < -0.39 is 0 Å². The smallest absolute Gasteiger partial charge is 0.0926 e. The molecule has 0 aromatic carbocycles. The quantitative estimate of drug-likeness (QED) is 0.757. The molecule has 2 nitrogen and oxygen atoms in total. The van der Waals surface area contributed by atoms with Gasteiger partial charge in [0.25, 0.3) is 0 Å². The van der Waals surface area contributed by atoms with Gasteiger partial charge in [0.2, 0.25) is 0 Å². The summed E-state index contributed by atoms with van der Waals surface area (Å²) in [7, 11) is 0. The van der Waals surface area contributed by atoms with E-state index in [1.807, 2.05) is 6.92 Å². The number of rotatable bonds is 2. The van der Waals surface area contributed by atoms with Crippen molar-refractivity contribution in [2.45, 2.75) is 66.0 Å². The highest BCUT2D eigenvalue weighted by atomic mass is 14.9. The second-order valence-corrected chi connectivity index (χ2v) is 6.63. The second-order valence-electron chi connectivity index (χ2n) is 6.63. The van der Waals surface area contributed by atoms with Crippen LogP contribution in [0.25, 0.3) is 0 Å². The molecule has 0 aliphatic heterocycles. The highest BCUT2D eigenvalue weighted by Crippen LogP contribution is 2.45. The van der Waals surface area contributed by atoms with Gasteiger partial charge in [0.15, 0.2) is 0 Å². The monoisotopic (exact) mass is 208 g/mol. The van der Waals surface area contributed by atoms with Crippen LogP contribution in [0.4, 0.5) is 0 Å². The predicted octanol–water partition coefficient (Wildman–Crippen LogP) is 3.09. The van der Waals surface area contributed by atoms with Gasteiger partial charge in [0.1, 0.15) is 0 Å². The molecule has 1 fully saturated rings. The van der Waals surface area contributed by atoms with Crippen molar-refractivity contribution in [1.29, 1.82) is 5.26 Å². The van der Waals surface area contributed by atoms with E-state index >= 15 is 0 Å². The van der Waals surface area contributed by atoms with Crippen LogP contribution < -0.4 is 5.32 Å². The Hall–Kier alpha value is -0.550. The van der Waals surface area contributed by atoms with Crippen molar-refractivity contribution in [3.8, 4) is 6.07 Å². The number of hydrogen-bond donors (Lipinski definition) is 1. The third-order valence-corrected chi connectivity index (χ3v) is 3.23. The van der Waals surface area contributed by atoms with Crippen molar-refractivity contribution in [2.24, 2.45) is 10.8 Å². The summed E-state index contributed by atoms with van der Waals surface area (Å²) < 4.78 is 0. The fourth-order valence-electron chi connectivity index (χ4n) is 3.35. The van der Waals surface area contributed by atoms with E-state index in [1.54, 1.807) is 0 Å². The van der Waals surface area contributed by atoms with Crippen molar-refractivity contribution in [2.75, 3.05) is 0 Å². The molecule has 0 radical (unpaired) electrons. The Balaban J connectivity index is 2.64. The minimum atomic E-state index is -0.0281. The molecule has 0 heterocycles. The highest BCUT2D eigenvalue weighted by molar-refractivity contribution is 4.96. The molecule has 0 aromatic heterocycles. The summed E-state index contributed by atoms with van der Waals surface area (Å²) >= 11 is 0. The molecule has 1 N–H and O–H groups in total. The Morgan fingerprint density at radius 3 is 2.07 bits per heavy atom. The Morgan fingerprint density at radius 2 is 1.67 bits per heavy atom. The van der Waals surface area contributed by atoms with Crippen molar-refractivity contribution >= 4 is 0 Å². The maximum absolute atomic E-state index is 8.81. The molecular weight excluding hydrogens is 184 g/mol. The molecule has 1 atom stereocenters. The topological polar surface area (TPSA) is 35.8 Å². The van der Waals surface area contributed by atoms with Gasteiger partial charge in [-0.25, -0.2) is 0 Å². The first-order valence-corrected chi connectivity index (χ1v) is 5.90. The van der Waals surface area contributed by atoms with Crippen LogP contribution in [0.2, 0.25) is 0 Å². The van der Waals surface area contributed by atoms with E-state index in [-0.39, 0.29) is 6.04 Å². The first-order valence-electron chi connectivity index (χ1n) is 5.90. The Bertz CT molecular complexity index is 244. The van der Waals surface area contributed by atoms with Crippen LogP contribution in [-0.2, 0) is 0 Å². The van der Waals surface area contributed by atoms with E-state index in [0.717, 1.165) is 0 Å². The standard InChI is InChI=1S/C13H24N2/c1-10(8-14)15-11-6-12(2,3)9-13(4,5)7-11/h10-11,15H,6-7,9H2,1-5H3. The lowest BCUT2D eigenvalue weighted by Gasteiger charge is -2.45. The van der Waals surface area contributed by atoms with E-state index in [1.165, 1.54) is 19.3 Å². The molecule has 0 spiro atoms. The van der Waals surface area contributed by atoms with Crippen LogP contribution in [0.1, 0.15) is 53.9 Å². The molecule has 1 saturated carbocycles. The van der Waals surface area contributed by atoms with Gasteiger partial charge in [-0.05, 0) is 37.0 Å². The molecule has 1 rings (SSSR count). The molecule has 0 aromatic rings. The zero-order valence-electron chi connectivity index (χ0n) is 10.7. The summed E-state index contributed by atoms with van der Waals surface area (Å²) in [5.41, 5.74) is 0.795. The lowest BCUT2D eigenvalue weighted by Crippen LogP contribution is -2.46. The number of nitrogens with one attached hydrogen (secondary N) is 1. The normalized spacial score (nSPS) is 26.9. The fourth-order valence-corrected chi connectivity index (χ4v) is 3.35. The van der Waals surface area contributed by atoms with Crippen molar-refractivity contribution in [3.05, 3.63) is 0 Å². The summed E-state index contributed by atoms with van der Waals surface area (Å²) in [5, 5.41) is 12.2. The minimum Gasteiger partial charge on any atom is -0.299 e. The molecule has 15 heavy (non-hydrogen) atoms. The Kier molecular flexibility index (Phi) is 3.45. The van der Waals surface area contributed by atoms with E-state index in [0.29, 0.717) is 16.9 Å². The van der Waals surface area contributed by atoms with E-state index in [9.17, 15) is 0 Å². The largest absolute Gasteiger partial charge is 0.299 e. The first-order chi connectivity index (χ1) is 6.74. The third kappa shape index (κ3) is 3.83. The van der Waals surface area contributed by atoms with Gasteiger partial charge < -0.3 is 0 Å². The number of nitriles is 1. The summed E-state index contributed by atoms with van der Waals surface area (Å²) in [5.74, 6) is 0. The highest BCUT2D eigenvalue weighted by Gasteiger charge is 2.38. The van der Waals surface area contributed by atoms with Gasteiger partial charge >= 0.3 is 0 Å². The zero-order chi connectivity index (χ0) is 11.7. The molecule has 2 heteroatoms. The minimum absolute atomic E-state index is 0.0281. The van der Waals surface area contributed by atoms with Crippen LogP contribution in [-0.4, -0.2) is 12.1 Å². The summed E-state index contributed by atoms with van der Waals surface area (Å²) in [4.78, 5) is 0. The number of hydrogen-bond acceptors (Lipinski definition) is 2. The summed E-state index contributed by atoms with van der Waals surface area (Å²) in [6.45, 7) is 11.3. The SMILES string of the molecule is CC(C#N)NC1CC(C)(C)CC(C)(C)C1. The molecule has 1 aliphatic rings. The van der Waals surface area contributed by atoms with Crippen molar-refractivity contribution in [1.82, 2.24) is 5.32 Å². The molecule has 1 unspecified atom stereocenters. The Morgan fingerprint density at radius 1 is 1.20 bits per heavy atom. The maximum atomic E-state index is 8.81. The van der Waals surface area contributed by atoms with E-state index in [2.05, 4.69) is 39.1 Å². The lowest BCUT2D eigenvalue weighted by molar-refractivity contribution is 0.0835. The average Bonchev–Trinajstić information content (AvgIpc) is 1.97. The zero-order valence-corrected chi connectivity index (χ0v) is 10.7. The van der Waals surface area contributed by atoms with E-state index in [4.69, 9.17) is 5.26 Å². The van der Waals surface area contributed by atoms with Gasteiger partial charge in [0, 0.05) is 6.04 Å². The molecule has 1 aliphatic carbocycles. The van der Waals surface area contributed by atoms with Crippen LogP contribution in [0.15, 0.2) is 0 Å². The fraction of sp³-hybridized carbons (Fsp3) is 0.923. The first kappa shape index (κ1) is 12.5. The van der Waals surface area contributed by atoms with Gasteiger partial charge in [-0.3, -0.25) is 5.32 Å². The second kappa shape index (κ2) is 4.14. The van der Waals surface area contributed by atoms with Gasteiger partial charge in [0.05, 0.1) is 12.1 Å². The Labute approximate surface area is 94.1 Å². The molecule has 0 saturated heterocycles. The number of nitrogens with zero attached hydrogens (tertiary/aromatic N) is 1. The molecule has 0 amide bonds.